The van der Waals surface area contributed by atoms with Crippen LogP contribution < -0.4 is 9.47 Å². The van der Waals surface area contributed by atoms with Gasteiger partial charge in [-0.05, 0) is 26.0 Å². The van der Waals surface area contributed by atoms with Crippen molar-refractivity contribution in [1.29, 1.82) is 0 Å². The van der Waals surface area contributed by atoms with Crippen molar-refractivity contribution >= 4 is 11.3 Å². The first-order valence-corrected chi connectivity index (χ1v) is 6.88. The summed E-state index contributed by atoms with van der Waals surface area (Å²) in [5.41, 5.74) is 1.63. The van der Waals surface area contributed by atoms with Crippen LogP contribution >= 0.6 is 11.3 Å². The fraction of sp³-hybridized carbons (Fsp3) is 0.357. The summed E-state index contributed by atoms with van der Waals surface area (Å²) >= 11 is 1.59. The lowest BCUT2D eigenvalue weighted by Gasteiger charge is -2.14. The Morgan fingerprint density at radius 3 is 2.79 bits per heavy atom. The number of aliphatic hydroxyl groups excluding tert-OH is 1. The van der Waals surface area contributed by atoms with E-state index in [2.05, 4.69) is 4.98 Å². The molecule has 1 N–H and O–H groups in total. The molecular formula is C14H17NO3S. The Morgan fingerprint density at radius 2 is 2.21 bits per heavy atom. The van der Waals surface area contributed by atoms with Gasteiger partial charge in [-0.2, -0.15) is 0 Å². The Hall–Kier alpha value is -1.59. The molecule has 102 valence electrons. The zero-order chi connectivity index (χ0) is 13.8. The SMILES string of the molecule is COc1ccc(C(C)O)c(OCc2csc(C)n2)c1. The topological polar surface area (TPSA) is 51.6 Å². The van der Waals surface area contributed by atoms with Gasteiger partial charge in [-0.1, -0.05) is 0 Å². The summed E-state index contributed by atoms with van der Waals surface area (Å²) < 4.78 is 10.9. The van der Waals surface area contributed by atoms with Crippen molar-refractivity contribution in [2.75, 3.05) is 7.11 Å². The van der Waals surface area contributed by atoms with E-state index in [9.17, 15) is 5.11 Å². The average Bonchev–Trinajstić information content (AvgIpc) is 2.81. The summed E-state index contributed by atoms with van der Waals surface area (Å²) in [6.45, 7) is 4.06. The quantitative estimate of drug-likeness (QED) is 0.913. The van der Waals surface area contributed by atoms with Crippen LogP contribution in [-0.2, 0) is 6.61 Å². The van der Waals surface area contributed by atoms with Gasteiger partial charge in [-0.15, -0.1) is 11.3 Å². The molecule has 0 radical (unpaired) electrons. The van der Waals surface area contributed by atoms with Crippen molar-refractivity contribution in [3.8, 4) is 11.5 Å². The number of benzene rings is 1. The van der Waals surface area contributed by atoms with E-state index in [0.29, 0.717) is 18.1 Å². The van der Waals surface area contributed by atoms with Crippen molar-refractivity contribution in [1.82, 2.24) is 4.98 Å². The molecule has 1 aromatic heterocycles. The third-order valence-electron chi connectivity index (χ3n) is 2.71. The van der Waals surface area contributed by atoms with Crippen LogP contribution in [0.4, 0.5) is 0 Å². The minimum absolute atomic E-state index is 0.386. The van der Waals surface area contributed by atoms with Crippen LogP contribution in [0.1, 0.15) is 29.3 Å². The molecular weight excluding hydrogens is 262 g/mol. The van der Waals surface area contributed by atoms with E-state index in [0.717, 1.165) is 16.3 Å². The second-order valence-electron chi connectivity index (χ2n) is 4.23. The Bertz CT molecular complexity index is 551. The highest BCUT2D eigenvalue weighted by Gasteiger charge is 2.11. The van der Waals surface area contributed by atoms with Crippen molar-refractivity contribution in [3.05, 3.63) is 39.8 Å². The molecule has 1 heterocycles. The Kier molecular flexibility index (Phi) is 4.39. The molecule has 0 saturated carbocycles. The molecule has 1 atom stereocenters. The normalized spacial score (nSPS) is 12.2. The van der Waals surface area contributed by atoms with E-state index in [4.69, 9.17) is 9.47 Å². The number of aliphatic hydroxyl groups is 1. The highest BCUT2D eigenvalue weighted by Crippen LogP contribution is 2.30. The largest absolute Gasteiger partial charge is 0.497 e. The van der Waals surface area contributed by atoms with Crippen LogP contribution in [-0.4, -0.2) is 17.2 Å². The molecule has 0 aliphatic rings. The summed E-state index contributed by atoms with van der Waals surface area (Å²) in [7, 11) is 1.60. The zero-order valence-corrected chi connectivity index (χ0v) is 12.0. The molecule has 2 aromatic rings. The van der Waals surface area contributed by atoms with E-state index in [-0.39, 0.29) is 0 Å². The number of nitrogens with zero attached hydrogens (tertiary/aromatic N) is 1. The van der Waals surface area contributed by atoms with Gasteiger partial charge in [0, 0.05) is 17.0 Å². The van der Waals surface area contributed by atoms with Crippen LogP contribution in [0.15, 0.2) is 23.6 Å². The maximum absolute atomic E-state index is 9.74. The molecule has 0 aliphatic heterocycles. The minimum Gasteiger partial charge on any atom is -0.497 e. The monoisotopic (exact) mass is 279 g/mol. The first-order chi connectivity index (χ1) is 9.10. The molecule has 0 fully saturated rings. The van der Waals surface area contributed by atoms with Gasteiger partial charge < -0.3 is 14.6 Å². The number of aromatic nitrogens is 1. The molecule has 1 aromatic carbocycles. The molecule has 5 heteroatoms. The average molecular weight is 279 g/mol. The molecule has 0 saturated heterocycles. The molecule has 1 unspecified atom stereocenters. The minimum atomic E-state index is -0.585. The van der Waals surface area contributed by atoms with Gasteiger partial charge in [-0.3, -0.25) is 0 Å². The summed E-state index contributed by atoms with van der Waals surface area (Å²) in [6.07, 6.45) is -0.585. The van der Waals surface area contributed by atoms with Gasteiger partial charge in [0.2, 0.25) is 0 Å². The standard InChI is InChI=1S/C14H17NO3S/c1-9(16)13-5-4-12(17-3)6-14(13)18-7-11-8-19-10(2)15-11/h4-6,8-9,16H,7H2,1-3H3. The molecule has 19 heavy (non-hydrogen) atoms. The second kappa shape index (κ2) is 6.04. The van der Waals surface area contributed by atoms with Gasteiger partial charge in [0.05, 0.1) is 23.9 Å². The Morgan fingerprint density at radius 1 is 1.42 bits per heavy atom. The van der Waals surface area contributed by atoms with Crippen molar-refractivity contribution in [3.63, 3.8) is 0 Å². The molecule has 0 aliphatic carbocycles. The molecule has 0 spiro atoms. The van der Waals surface area contributed by atoms with Gasteiger partial charge in [0.15, 0.2) is 0 Å². The number of thiazole rings is 1. The van der Waals surface area contributed by atoms with Gasteiger partial charge in [0.1, 0.15) is 18.1 Å². The Balaban J connectivity index is 2.17. The molecule has 2 rings (SSSR count). The van der Waals surface area contributed by atoms with Gasteiger partial charge in [0.25, 0.3) is 0 Å². The summed E-state index contributed by atoms with van der Waals surface area (Å²) in [5.74, 6) is 1.33. The zero-order valence-electron chi connectivity index (χ0n) is 11.2. The van der Waals surface area contributed by atoms with Crippen LogP contribution in [0.25, 0.3) is 0 Å². The predicted molar refractivity (Wildman–Crippen MR) is 74.8 cm³/mol. The summed E-state index contributed by atoms with van der Waals surface area (Å²) in [4.78, 5) is 4.34. The summed E-state index contributed by atoms with van der Waals surface area (Å²) in [6, 6.07) is 5.40. The number of hydrogen-bond donors (Lipinski definition) is 1. The van der Waals surface area contributed by atoms with Crippen LogP contribution in [0, 0.1) is 6.92 Å². The van der Waals surface area contributed by atoms with Crippen LogP contribution in [0.5, 0.6) is 11.5 Å². The number of ether oxygens (including phenoxy) is 2. The lowest BCUT2D eigenvalue weighted by molar-refractivity contribution is 0.189. The van der Waals surface area contributed by atoms with E-state index in [1.54, 1.807) is 31.4 Å². The number of hydrogen-bond acceptors (Lipinski definition) is 5. The van der Waals surface area contributed by atoms with Crippen LogP contribution in [0.2, 0.25) is 0 Å². The smallest absolute Gasteiger partial charge is 0.131 e. The molecule has 0 amide bonds. The van der Waals surface area contributed by atoms with Gasteiger partial charge in [-0.25, -0.2) is 4.98 Å². The first kappa shape index (κ1) is 13.8. The molecule has 0 bridgehead atoms. The van der Waals surface area contributed by atoms with Crippen molar-refractivity contribution < 1.29 is 14.6 Å². The lowest BCUT2D eigenvalue weighted by atomic mass is 10.1. The third-order valence-corrected chi connectivity index (χ3v) is 3.54. The first-order valence-electron chi connectivity index (χ1n) is 6.00. The predicted octanol–water partition coefficient (Wildman–Crippen LogP) is 3.09. The van der Waals surface area contributed by atoms with Crippen molar-refractivity contribution in [2.24, 2.45) is 0 Å². The lowest BCUT2D eigenvalue weighted by Crippen LogP contribution is -2.02. The fourth-order valence-corrected chi connectivity index (χ4v) is 2.34. The molecule has 4 nitrogen and oxygen atoms in total. The van der Waals surface area contributed by atoms with E-state index in [1.165, 1.54) is 0 Å². The highest BCUT2D eigenvalue weighted by atomic mass is 32.1. The van der Waals surface area contributed by atoms with E-state index < -0.39 is 6.10 Å². The van der Waals surface area contributed by atoms with Crippen LogP contribution in [0.3, 0.4) is 0 Å². The number of rotatable bonds is 5. The number of aryl methyl sites for hydroxylation is 1. The Labute approximate surface area is 116 Å². The van der Waals surface area contributed by atoms with Gasteiger partial charge >= 0.3 is 0 Å². The third kappa shape index (κ3) is 3.45. The van der Waals surface area contributed by atoms with Crippen molar-refractivity contribution in [2.45, 2.75) is 26.6 Å². The fourth-order valence-electron chi connectivity index (χ4n) is 1.74. The second-order valence-corrected chi connectivity index (χ2v) is 5.29. The maximum Gasteiger partial charge on any atom is 0.131 e. The van der Waals surface area contributed by atoms with E-state index >= 15 is 0 Å². The van der Waals surface area contributed by atoms with E-state index in [1.807, 2.05) is 24.4 Å². The number of methoxy groups -OCH3 is 1. The highest BCUT2D eigenvalue weighted by molar-refractivity contribution is 7.09. The summed E-state index contributed by atoms with van der Waals surface area (Å²) in [5, 5.41) is 12.7. The maximum atomic E-state index is 9.74.